The monoisotopic (exact) mass is 266 g/mol. The number of carboxylic acid groups (broad SMARTS) is 1. The first-order chi connectivity index (χ1) is 8.36. The fraction of sp³-hybridized carbons (Fsp3) is 0.273. The van der Waals surface area contributed by atoms with Gasteiger partial charge in [0.25, 0.3) is 5.69 Å². The third kappa shape index (κ3) is 1.72. The lowest BCUT2D eigenvalue weighted by Gasteiger charge is -2.21. The number of benzene rings is 1. The molecule has 0 aromatic heterocycles. The predicted molar refractivity (Wildman–Crippen MR) is 68.9 cm³/mol. The van der Waals surface area contributed by atoms with Gasteiger partial charge in [-0.1, -0.05) is 18.3 Å². The molecule has 1 aromatic carbocycles. The SMILES string of the molecule is CC1(CC(=O)O)C(=S)Nc2cccc([N+](=O)[O-])c21. The molecule has 1 aromatic rings. The summed E-state index contributed by atoms with van der Waals surface area (Å²) in [5, 5.41) is 22.8. The van der Waals surface area contributed by atoms with Crippen LogP contribution in [0.2, 0.25) is 0 Å². The van der Waals surface area contributed by atoms with Crippen molar-refractivity contribution in [1.29, 1.82) is 0 Å². The Hall–Kier alpha value is -2.02. The van der Waals surface area contributed by atoms with E-state index >= 15 is 0 Å². The molecular formula is C11H10N2O4S. The molecule has 18 heavy (non-hydrogen) atoms. The molecule has 0 radical (unpaired) electrons. The molecule has 7 heteroatoms. The third-order valence-corrected chi connectivity index (χ3v) is 3.60. The zero-order chi connectivity index (χ0) is 13.5. The maximum atomic E-state index is 11.0. The molecule has 0 spiro atoms. The van der Waals surface area contributed by atoms with E-state index in [1.54, 1.807) is 19.1 Å². The van der Waals surface area contributed by atoms with Crippen molar-refractivity contribution in [1.82, 2.24) is 0 Å². The van der Waals surface area contributed by atoms with E-state index in [0.717, 1.165) is 0 Å². The molecule has 0 bridgehead atoms. The van der Waals surface area contributed by atoms with Gasteiger partial charge in [0.2, 0.25) is 0 Å². The highest BCUT2D eigenvalue weighted by Crippen LogP contribution is 2.45. The number of fused-ring (bicyclic) bond motifs is 1. The maximum absolute atomic E-state index is 11.0. The van der Waals surface area contributed by atoms with Crippen molar-refractivity contribution in [2.45, 2.75) is 18.8 Å². The Bertz CT molecular complexity index is 572. The van der Waals surface area contributed by atoms with Crippen molar-refractivity contribution in [3.63, 3.8) is 0 Å². The van der Waals surface area contributed by atoms with Gasteiger partial charge in [-0.25, -0.2) is 0 Å². The van der Waals surface area contributed by atoms with Crippen LogP contribution >= 0.6 is 12.2 Å². The van der Waals surface area contributed by atoms with Crippen LogP contribution in [0.15, 0.2) is 18.2 Å². The molecule has 0 fully saturated rings. The van der Waals surface area contributed by atoms with Crippen LogP contribution in [0.25, 0.3) is 0 Å². The number of thiocarbonyl (C=S) groups is 1. The number of rotatable bonds is 3. The van der Waals surface area contributed by atoms with Crippen LogP contribution < -0.4 is 5.32 Å². The van der Waals surface area contributed by atoms with E-state index in [1.165, 1.54) is 6.07 Å². The van der Waals surface area contributed by atoms with Gasteiger partial charge in [-0.3, -0.25) is 14.9 Å². The molecule has 2 N–H and O–H groups in total. The summed E-state index contributed by atoms with van der Waals surface area (Å²) in [4.78, 5) is 21.7. The second-order valence-electron chi connectivity index (χ2n) is 4.31. The number of nitro groups is 1. The van der Waals surface area contributed by atoms with Crippen LogP contribution in [0.5, 0.6) is 0 Å². The molecular weight excluding hydrogens is 256 g/mol. The van der Waals surface area contributed by atoms with E-state index in [9.17, 15) is 14.9 Å². The summed E-state index contributed by atoms with van der Waals surface area (Å²) in [6.45, 7) is 1.61. The molecule has 0 aliphatic carbocycles. The third-order valence-electron chi connectivity index (χ3n) is 3.05. The summed E-state index contributed by atoms with van der Waals surface area (Å²) in [6, 6.07) is 4.55. The maximum Gasteiger partial charge on any atom is 0.304 e. The van der Waals surface area contributed by atoms with Gasteiger partial charge in [-0.05, 0) is 13.0 Å². The second-order valence-corrected chi connectivity index (χ2v) is 4.72. The van der Waals surface area contributed by atoms with Gasteiger partial charge in [0.15, 0.2) is 0 Å². The molecule has 1 aliphatic rings. The second kappa shape index (κ2) is 4.02. The van der Waals surface area contributed by atoms with Gasteiger partial charge in [-0.15, -0.1) is 0 Å². The Morgan fingerprint density at radius 2 is 2.28 bits per heavy atom. The van der Waals surface area contributed by atoms with Gasteiger partial charge in [0.05, 0.1) is 27.3 Å². The first-order valence-corrected chi connectivity index (χ1v) is 5.58. The molecule has 0 amide bonds. The topological polar surface area (TPSA) is 92.5 Å². The van der Waals surface area contributed by atoms with Gasteiger partial charge in [0.1, 0.15) is 0 Å². The lowest BCUT2D eigenvalue weighted by atomic mass is 9.80. The first kappa shape index (κ1) is 12.4. The number of carbonyl (C=O) groups is 1. The summed E-state index contributed by atoms with van der Waals surface area (Å²) in [5.74, 6) is -1.05. The minimum atomic E-state index is -1.05. The number of hydrogen-bond acceptors (Lipinski definition) is 4. The number of carboxylic acids is 1. The van der Waals surface area contributed by atoms with Crippen molar-refractivity contribution in [2.75, 3.05) is 5.32 Å². The highest BCUT2D eigenvalue weighted by atomic mass is 32.1. The Kier molecular flexibility index (Phi) is 2.78. The smallest absolute Gasteiger partial charge is 0.304 e. The van der Waals surface area contributed by atoms with Crippen molar-refractivity contribution >= 4 is 34.6 Å². The van der Waals surface area contributed by atoms with E-state index in [0.29, 0.717) is 16.2 Å². The fourth-order valence-corrected chi connectivity index (χ4v) is 2.51. The van der Waals surface area contributed by atoms with Crippen molar-refractivity contribution in [3.05, 3.63) is 33.9 Å². The quantitative estimate of drug-likeness (QED) is 0.494. The zero-order valence-corrected chi connectivity index (χ0v) is 10.3. The van der Waals surface area contributed by atoms with Crippen molar-refractivity contribution in [3.8, 4) is 0 Å². The summed E-state index contributed by atoms with van der Waals surface area (Å²) >= 11 is 5.13. The van der Waals surface area contributed by atoms with Crippen molar-refractivity contribution < 1.29 is 14.8 Å². The van der Waals surface area contributed by atoms with E-state index in [-0.39, 0.29) is 12.1 Å². The Labute approximate surface area is 108 Å². The van der Waals surface area contributed by atoms with Crippen LogP contribution in [0.1, 0.15) is 18.9 Å². The minimum Gasteiger partial charge on any atom is -0.481 e. The summed E-state index contributed by atoms with van der Waals surface area (Å²) in [5.41, 5.74) is -0.288. The zero-order valence-electron chi connectivity index (χ0n) is 9.47. The molecule has 1 atom stereocenters. The first-order valence-electron chi connectivity index (χ1n) is 5.17. The van der Waals surface area contributed by atoms with Gasteiger partial charge >= 0.3 is 5.97 Å². The number of nitrogens with one attached hydrogen (secondary N) is 1. The van der Waals surface area contributed by atoms with E-state index < -0.39 is 16.3 Å². The Morgan fingerprint density at radius 1 is 1.61 bits per heavy atom. The summed E-state index contributed by atoms with van der Waals surface area (Å²) < 4.78 is 0. The van der Waals surface area contributed by atoms with Crippen LogP contribution in [-0.2, 0) is 10.2 Å². The molecule has 0 saturated carbocycles. The molecule has 0 saturated heterocycles. The van der Waals surface area contributed by atoms with Crippen LogP contribution in [-0.4, -0.2) is 21.0 Å². The molecule has 1 unspecified atom stereocenters. The largest absolute Gasteiger partial charge is 0.481 e. The molecule has 1 aliphatic heterocycles. The van der Waals surface area contributed by atoms with E-state index in [4.69, 9.17) is 17.3 Å². The minimum absolute atomic E-state index is 0.108. The van der Waals surface area contributed by atoms with Crippen LogP contribution in [0, 0.1) is 10.1 Å². The number of aliphatic carboxylic acids is 1. The predicted octanol–water partition coefficient (Wildman–Crippen LogP) is 2.08. The Balaban J connectivity index is 2.66. The molecule has 1 heterocycles. The lowest BCUT2D eigenvalue weighted by Crippen LogP contribution is -2.32. The Morgan fingerprint density at radius 3 is 2.83 bits per heavy atom. The number of nitrogens with zero attached hydrogens (tertiary/aromatic N) is 1. The van der Waals surface area contributed by atoms with Crippen LogP contribution in [0.3, 0.4) is 0 Å². The number of anilines is 1. The molecule has 2 rings (SSSR count). The molecule has 6 nitrogen and oxygen atoms in total. The standard InChI is InChI=1S/C11H10N2O4S/c1-11(5-8(14)15)9-6(12-10(11)18)3-2-4-7(9)13(16)17/h2-4H,5H2,1H3,(H,12,18)(H,14,15). The van der Waals surface area contributed by atoms with E-state index in [1.807, 2.05) is 0 Å². The lowest BCUT2D eigenvalue weighted by molar-refractivity contribution is -0.385. The van der Waals surface area contributed by atoms with Crippen molar-refractivity contribution in [2.24, 2.45) is 0 Å². The van der Waals surface area contributed by atoms with Gasteiger partial charge in [-0.2, -0.15) is 0 Å². The highest BCUT2D eigenvalue weighted by Gasteiger charge is 2.46. The fourth-order valence-electron chi connectivity index (χ4n) is 2.22. The van der Waals surface area contributed by atoms with Gasteiger partial charge in [0, 0.05) is 11.8 Å². The number of hydrogen-bond donors (Lipinski definition) is 2. The normalized spacial score (nSPS) is 21.3. The number of nitro benzene ring substituents is 1. The average Bonchev–Trinajstić information content (AvgIpc) is 2.50. The summed E-state index contributed by atoms with van der Waals surface area (Å²) in [7, 11) is 0. The molecule has 94 valence electrons. The highest BCUT2D eigenvalue weighted by molar-refractivity contribution is 7.80. The van der Waals surface area contributed by atoms with Crippen LogP contribution in [0.4, 0.5) is 11.4 Å². The average molecular weight is 266 g/mol. The summed E-state index contributed by atoms with van der Waals surface area (Å²) in [6.07, 6.45) is -0.281. The van der Waals surface area contributed by atoms with Gasteiger partial charge < -0.3 is 10.4 Å². The van der Waals surface area contributed by atoms with E-state index in [2.05, 4.69) is 5.32 Å².